The number of benzene rings is 2. The van der Waals surface area contributed by atoms with Gasteiger partial charge in [-0.05, 0) is 42.3 Å². The number of thiophene rings is 1. The van der Waals surface area contributed by atoms with Crippen molar-refractivity contribution in [1.29, 1.82) is 0 Å². The number of aryl methyl sites for hydroxylation is 1. The molecule has 0 radical (unpaired) electrons. The van der Waals surface area contributed by atoms with Gasteiger partial charge in [0, 0.05) is 17.0 Å². The Labute approximate surface area is 166 Å². The largest absolute Gasteiger partial charge is 0.477 e. The summed E-state index contributed by atoms with van der Waals surface area (Å²) in [5.41, 5.74) is 1.65. The van der Waals surface area contributed by atoms with Gasteiger partial charge in [0.1, 0.15) is 4.88 Å². The zero-order valence-corrected chi connectivity index (χ0v) is 16.1. The van der Waals surface area contributed by atoms with Crippen molar-refractivity contribution < 1.29 is 23.6 Å². The number of nitro benzene ring substituents is 1. The van der Waals surface area contributed by atoms with Crippen LogP contribution in [-0.4, -0.2) is 24.8 Å². The average Bonchev–Trinajstić information content (AvgIpc) is 3.08. The van der Waals surface area contributed by atoms with Crippen molar-refractivity contribution in [1.82, 2.24) is 0 Å². The van der Waals surface area contributed by atoms with E-state index in [4.69, 9.17) is 0 Å². The first-order chi connectivity index (χ1) is 13.3. The highest BCUT2D eigenvalue weighted by molar-refractivity contribution is 7.81. The smallest absolute Gasteiger partial charge is 0.348 e. The highest BCUT2D eigenvalue weighted by atomic mass is 32.2. The first-order valence-electron chi connectivity index (χ1n) is 7.88. The molecule has 2 N–H and O–H groups in total. The minimum absolute atomic E-state index is 0.0704. The van der Waals surface area contributed by atoms with Crippen molar-refractivity contribution >= 4 is 45.6 Å². The molecule has 0 saturated carbocycles. The van der Waals surface area contributed by atoms with Gasteiger partial charge in [0.2, 0.25) is 0 Å². The fourth-order valence-corrected chi connectivity index (χ4v) is 4.39. The molecule has 144 valence electrons. The van der Waals surface area contributed by atoms with E-state index in [1.54, 1.807) is 31.2 Å². The number of hydrogen-bond acceptors (Lipinski definition) is 5. The molecule has 0 aliphatic carbocycles. The van der Waals surface area contributed by atoms with Crippen LogP contribution >= 0.6 is 11.3 Å². The van der Waals surface area contributed by atoms with E-state index >= 15 is 0 Å². The molecule has 3 aromatic rings. The fraction of sp³-hybridized carbons (Fsp3) is 0.0556. The van der Waals surface area contributed by atoms with E-state index in [-0.39, 0.29) is 16.3 Å². The first-order valence-corrected chi connectivity index (χ1v) is 9.76. The number of para-hydroxylation sites is 1. The van der Waals surface area contributed by atoms with Gasteiger partial charge in [-0.3, -0.25) is 14.7 Å². The second-order valence-electron chi connectivity index (χ2n) is 5.75. The number of nitro groups is 1. The maximum absolute atomic E-state index is 12.1. The van der Waals surface area contributed by atoms with Crippen LogP contribution in [0.2, 0.25) is 0 Å². The Morgan fingerprint density at radius 1 is 1.14 bits per heavy atom. The number of aromatic carboxylic acids is 1. The Morgan fingerprint density at radius 3 is 2.32 bits per heavy atom. The molecule has 8 nitrogen and oxygen atoms in total. The van der Waals surface area contributed by atoms with E-state index < -0.39 is 22.2 Å². The summed E-state index contributed by atoms with van der Waals surface area (Å²) in [4.78, 5) is 22.4. The van der Waals surface area contributed by atoms with Gasteiger partial charge < -0.3 is 5.11 Å². The number of rotatable bonds is 6. The van der Waals surface area contributed by atoms with Gasteiger partial charge in [0.05, 0.1) is 16.3 Å². The van der Waals surface area contributed by atoms with Gasteiger partial charge in [-0.1, -0.05) is 18.2 Å². The topological polar surface area (TPSA) is 121 Å². The van der Waals surface area contributed by atoms with Crippen LogP contribution in [0.1, 0.15) is 15.2 Å². The van der Waals surface area contributed by atoms with Crippen LogP contribution in [0.15, 0.2) is 54.6 Å². The van der Waals surface area contributed by atoms with Crippen molar-refractivity contribution in [2.45, 2.75) is 6.92 Å². The molecule has 28 heavy (non-hydrogen) atoms. The van der Waals surface area contributed by atoms with Gasteiger partial charge >= 0.3 is 5.97 Å². The number of anilines is 2. The normalized spacial score (nSPS) is 11.8. The van der Waals surface area contributed by atoms with Crippen LogP contribution in [0.4, 0.5) is 17.1 Å². The van der Waals surface area contributed by atoms with E-state index in [0.717, 1.165) is 15.6 Å². The highest BCUT2D eigenvalue weighted by Gasteiger charge is 2.26. The second-order valence-corrected chi connectivity index (χ2v) is 7.62. The third kappa shape index (κ3) is 3.79. The van der Waals surface area contributed by atoms with Crippen LogP contribution in [0, 0.1) is 17.0 Å². The maximum atomic E-state index is 12.1. The lowest BCUT2D eigenvalue weighted by Crippen LogP contribution is -2.21. The predicted molar refractivity (Wildman–Crippen MR) is 107 cm³/mol. The number of hydrogen-bond donors (Lipinski definition) is 2. The lowest BCUT2D eigenvalue weighted by molar-refractivity contribution is -0.384. The molecular weight excluding hydrogens is 404 g/mol. The van der Waals surface area contributed by atoms with Crippen LogP contribution in [0.25, 0.3) is 10.4 Å². The van der Waals surface area contributed by atoms with Gasteiger partial charge in [0.25, 0.3) is 17.0 Å². The summed E-state index contributed by atoms with van der Waals surface area (Å²) in [6.45, 7) is 1.75. The molecule has 1 unspecified atom stereocenters. The zero-order chi connectivity index (χ0) is 20.4. The standard InChI is InChI=1S/C18H14N2O6S2/c1-11-4-2-3-5-14(11)19(28(25)26)15-10-16(27-17(15)18(21)22)12-6-8-13(9-7-12)20(23)24/h2-10H,1H3,(H,21,22)(H,25,26). The van der Waals surface area contributed by atoms with E-state index in [0.29, 0.717) is 21.7 Å². The van der Waals surface area contributed by atoms with Crippen molar-refractivity contribution in [3.63, 3.8) is 0 Å². The number of nitrogens with zero attached hydrogens (tertiary/aromatic N) is 2. The molecule has 3 rings (SSSR count). The van der Waals surface area contributed by atoms with E-state index in [9.17, 15) is 28.8 Å². The number of non-ortho nitro benzene ring substituents is 1. The van der Waals surface area contributed by atoms with E-state index in [1.807, 2.05) is 0 Å². The number of carboxylic acids is 1. The summed E-state index contributed by atoms with van der Waals surface area (Å²) >= 11 is -1.58. The lowest BCUT2D eigenvalue weighted by Gasteiger charge is -2.21. The number of carboxylic acid groups (broad SMARTS) is 1. The molecule has 0 saturated heterocycles. The Kier molecular flexibility index (Phi) is 5.54. The van der Waals surface area contributed by atoms with Gasteiger partial charge in [-0.15, -0.1) is 11.3 Å². The fourth-order valence-electron chi connectivity index (χ4n) is 2.66. The van der Waals surface area contributed by atoms with Crippen LogP contribution in [-0.2, 0) is 11.3 Å². The van der Waals surface area contributed by atoms with Crippen molar-refractivity contribution in [2.75, 3.05) is 4.31 Å². The average molecular weight is 418 g/mol. The van der Waals surface area contributed by atoms with Crippen molar-refractivity contribution in [3.05, 3.63) is 75.2 Å². The molecule has 1 aromatic heterocycles. The molecule has 0 spiro atoms. The second kappa shape index (κ2) is 7.89. The molecule has 10 heteroatoms. The third-order valence-corrected chi connectivity index (χ3v) is 5.85. The zero-order valence-electron chi connectivity index (χ0n) is 14.4. The molecule has 1 heterocycles. The summed E-state index contributed by atoms with van der Waals surface area (Å²) in [5.74, 6) is -1.24. The minimum Gasteiger partial charge on any atom is -0.477 e. The molecule has 0 aliphatic rings. The third-order valence-electron chi connectivity index (χ3n) is 3.98. The monoisotopic (exact) mass is 418 g/mol. The molecular formula is C18H14N2O6S2. The quantitative estimate of drug-likeness (QED) is 0.343. The lowest BCUT2D eigenvalue weighted by atomic mass is 10.1. The van der Waals surface area contributed by atoms with Gasteiger partial charge in [-0.25, -0.2) is 13.3 Å². The Balaban J connectivity index is 2.14. The Morgan fingerprint density at radius 2 is 1.79 bits per heavy atom. The molecule has 0 bridgehead atoms. The van der Waals surface area contributed by atoms with Crippen LogP contribution in [0.3, 0.4) is 0 Å². The number of carbonyl (C=O) groups is 1. The predicted octanol–water partition coefficient (Wildman–Crippen LogP) is 4.60. The van der Waals surface area contributed by atoms with Gasteiger partial charge in [-0.2, -0.15) is 0 Å². The van der Waals surface area contributed by atoms with Crippen molar-refractivity contribution in [2.24, 2.45) is 0 Å². The summed E-state index contributed by atoms with van der Waals surface area (Å²) in [7, 11) is 0. The summed E-state index contributed by atoms with van der Waals surface area (Å²) in [5, 5.41) is 20.4. The van der Waals surface area contributed by atoms with E-state index in [2.05, 4.69) is 0 Å². The maximum Gasteiger partial charge on any atom is 0.348 e. The van der Waals surface area contributed by atoms with Crippen LogP contribution in [0.5, 0.6) is 0 Å². The van der Waals surface area contributed by atoms with Crippen molar-refractivity contribution in [3.8, 4) is 10.4 Å². The SMILES string of the molecule is Cc1ccccc1N(c1cc(-c2ccc([N+](=O)[O-])cc2)sc1C(=O)O)S(=O)O. The summed E-state index contributed by atoms with van der Waals surface area (Å²) in [6.07, 6.45) is 0. The van der Waals surface area contributed by atoms with Crippen LogP contribution < -0.4 is 4.31 Å². The highest BCUT2D eigenvalue weighted by Crippen LogP contribution is 2.41. The molecule has 0 aliphatic heterocycles. The molecule has 0 amide bonds. The molecule has 2 aromatic carbocycles. The van der Waals surface area contributed by atoms with Gasteiger partial charge in [0.15, 0.2) is 0 Å². The van der Waals surface area contributed by atoms with E-state index in [1.165, 1.54) is 30.3 Å². The summed E-state index contributed by atoms with van der Waals surface area (Å²) in [6, 6.07) is 14.0. The Hall–Kier alpha value is -3.08. The Bertz CT molecular complexity index is 1080. The summed E-state index contributed by atoms with van der Waals surface area (Å²) < 4.78 is 23.0. The minimum atomic E-state index is -2.51. The first kappa shape index (κ1) is 19.7. The molecule has 0 fully saturated rings. The molecule has 1 atom stereocenters.